The van der Waals surface area contributed by atoms with Crippen LogP contribution in [0.2, 0.25) is 0 Å². The summed E-state index contributed by atoms with van der Waals surface area (Å²) in [7, 11) is 0. The number of hydrogen-bond acceptors (Lipinski definition) is 3. The largest absolute Gasteiger partial charge is 0.352 e. The van der Waals surface area contributed by atoms with Gasteiger partial charge in [0.25, 0.3) is 5.91 Å². The SMILES string of the molecule is CCN1C(=O)N[C@H](c2ccc(C)cc2C)C2=C1CN([C@@H](Cc1ccccc1)C(=O)NC(C)C)C2=O. The van der Waals surface area contributed by atoms with E-state index in [-0.39, 0.29) is 30.4 Å². The van der Waals surface area contributed by atoms with Crippen LogP contribution in [0.15, 0.2) is 59.8 Å². The Labute approximate surface area is 207 Å². The standard InChI is InChI=1S/C28H34N4O3/c1-6-31-23-16-32(22(26(33)29-17(2)3)15-20-10-8-7-9-11-20)27(34)24(23)25(30-28(31)35)21-13-12-18(4)14-19(21)5/h7-14,17,22,25H,6,15-16H2,1-5H3,(H,29,33)(H,30,35)/t22-,25+/m0/s1. The van der Waals surface area contributed by atoms with Gasteiger partial charge in [0.1, 0.15) is 6.04 Å². The molecule has 0 unspecified atom stereocenters. The molecule has 0 radical (unpaired) electrons. The Hall–Kier alpha value is -3.61. The second-order valence-electron chi connectivity index (χ2n) is 9.65. The predicted molar refractivity (Wildman–Crippen MR) is 136 cm³/mol. The van der Waals surface area contributed by atoms with Crippen LogP contribution in [0.25, 0.3) is 0 Å². The Morgan fingerprint density at radius 2 is 1.83 bits per heavy atom. The lowest BCUT2D eigenvalue weighted by molar-refractivity contribution is -0.136. The molecule has 2 aromatic rings. The molecule has 2 N–H and O–H groups in total. The summed E-state index contributed by atoms with van der Waals surface area (Å²) in [6, 6.07) is 14.2. The number of likely N-dealkylation sites (N-methyl/N-ethyl adjacent to an activating group) is 1. The monoisotopic (exact) mass is 474 g/mol. The molecule has 2 aliphatic heterocycles. The van der Waals surface area contributed by atoms with Crippen LogP contribution in [0.3, 0.4) is 0 Å². The molecule has 0 aliphatic carbocycles. The molecule has 2 aliphatic rings. The molecule has 184 valence electrons. The van der Waals surface area contributed by atoms with Gasteiger partial charge in [0.05, 0.1) is 23.9 Å². The van der Waals surface area contributed by atoms with Crippen molar-refractivity contribution >= 4 is 17.8 Å². The van der Waals surface area contributed by atoms with E-state index in [4.69, 9.17) is 0 Å². The number of rotatable bonds is 7. The summed E-state index contributed by atoms with van der Waals surface area (Å²) >= 11 is 0. The Bertz CT molecular complexity index is 1170. The fraction of sp³-hybridized carbons (Fsp3) is 0.393. The lowest BCUT2D eigenvalue weighted by atomic mass is 9.91. The second-order valence-corrected chi connectivity index (χ2v) is 9.65. The van der Waals surface area contributed by atoms with Crippen LogP contribution >= 0.6 is 0 Å². The number of benzene rings is 2. The van der Waals surface area contributed by atoms with Crippen molar-refractivity contribution in [3.05, 3.63) is 82.1 Å². The van der Waals surface area contributed by atoms with Gasteiger partial charge in [0, 0.05) is 19.0 Å². The van der Waals surface area contributed by atoms with Crippen LogP contribution in [-0.4, -0.2) is 52.8 Å². The van der Waals surface area contributed by atoms with Gasteiger partial charge in [-0.1, -0.05) is 54.1 Å². The number of nitrogens with zero attached hydrogens (tertiary/aromatic N) is 2. The van der Waals surface area contributed by atoms with E-state index in [9.17, 15) is 14.4 Å². The molecular weight excluding hydrogens is 440 g/mol. The zero-order valence-corrected chi connectivity index (χ0v) is 21.1. The zero-order chi connectivity index (χ0) is 25.3. The third-order valence-electron chi connectivity index (χ3n) is 6.68. The second kappa shape index (κ2) is 9.94. The Balaban J connectivity index is 1.74. The van der Waals surface area contributed by atoms with Gasteiger partial charge in [-0.05, 0) is 51.3 Å². The Kier molecular flexibility index (Phi) is 6.96. The van der Waals surface area contributed by atoms with Gasteiger partial charge in [-0.2, -0.15) is 0 Å². The van der Waals surface area contributed by atoms with Crippen LogP contribution in [0, 0.1) is 13.8 Å². The lowest BCUT2D eigenvalue weighted by Crippen LogP contribution is -2.51. The molecule has 0 bridgehead atoms. The summed E-state index contributed by atoms with van der Waals surface area (Å²) < 4.78 is 0. The minimum atomic E-state index is -0.688. The van der Waals surface area contributed by atoms with Crippen LogP contribution in [0.4, 0.5) is 4.79 Å². The van der Waals surface area contributed by atoms with Crippen LogP contribution in [0.5, 0.6) is 0 Å². The van der Waals surface area contributed by atoms with Gasteiger partial charge in [-0.15, -0.1) is 0 Å². The maximum atomic E-state index is 14.0. The molecule has 4 rings (SSSR count). The van der Waals surface area contributed by atoms with E-state index < -0.39 is 12.1 Å². The predicted octanol–water partition coefficient (Wildman–Crippen LogP) is 3.62. The Morgan fingerprint density at radius 3 is 2.46 bits per heavy atom. The van der Waals surface area contributed by atoms with Gasteiger partial charge in [0.2, 0.25) is 5.91 Å². The number of urea groups is 1. The molecule has 0 saturated carbocycles. The van der Waals surface area contributed by atoms with Crippen molar-refractivity contribution in [2.45, 2.75) is 59.2 Å². The fourth-order valence-corrected chi connectivity index (χ4v) is 5.04. The highest BCUT2D eigenvalue weighted by Gasteiger charge is 2.47. The van der Waals surface area contributed by atoms with Crippen LogP contribution in [0.1, 0.15) is 49.1 Å². The van der Waals surface area contributed by atoms with E-state index >= 15 is 0 Å². The maximum absolute atomic E-state index is 14.0. The molecular formula is C28H34N4O3. The highest BCUT2D eigenvalue weighted by atomic mass is 16.2. The van der Waals surface area contributed by atoms with E-state index in [1.54, 1.807) is 9.80 Å². The van der Waals surface area contributed by atoms with Crippen molar-refractivity contribution in [2.24, 2.45) is 0 Å². The molecule has 35 heavy (non-hydrogen) atoms. The van der Waals surface area contributed by atoms with Gasteiger partial charge >= 0.3 is 6.03 Å². The van der Waals surface area contributed by atoms with Gasteiger partial charge < -0.3 is 15.5 Å². The normalized spacial score (nSPS) is 18.6. The molecule has 7 heteroatoms. The van der Waals surface area contributed by atoms with E-state index in [2.05, 4.69) is 16.7 Å². The topological polar surface area (TPSA) is 81.8 Å². The van der Waals surface area contributed by atoms with Gasteiger partial charge in [-0.25, -0.2) is 4.79 Å². The minimum absolute atomic E-state index is 0.0561. The summed E-state index contributed by atoms with van der Waals surface area (Å²) in [5, 5.41) is 6.03. The van der Waals surface area contributed by atoms with Crippen molar-refractivity contribution in [2.75, 3.05) is 13.1 Å². The first-order valence-corrected chi connectivity index (χ1v) is 12.2. The molecule has 0 aromatic heterocycles. The van der Waals surface area contributed by atoms with Crippen molar-refractivity contribution in [3.8, 4) is 0 Å². The highest BCUT2D eigenvalue weighted by molar-refractivity contribution is 6.03. The fourth-order valence-electron chi connectivity index (χ4n) is 5.04. The first-order valence-electron chi connectivity index (χ1n) is 12.2. The zero-order valence-electron chi connectivity index (χ0n) is 21.1. The van der Waals surface area contributed by atoms with E-state index in [1.807, 2.05) is 77.1 Å². The molecule has 0 saturated heterocycles. The van der Waals surface area contributed by atoms with Crippen LogP contribution in [-0.2, 0) is 16.0 Å². The number of carbonyl (C=O) groups is 3. The van der Waals surface area contributed by atoms with Crippen molar-refractivity contribution in [3.63, 3.8) is 0 Å². The number of hydrogen-bond donors (Lipinski definition) is 2. The lowest BCUT2D eigenvalue weighted by Gasteiger charge is -2.33. The first kappa shape index (κ1) is 24.5. The number of amides is 4. The molecule has 7 nitrogen and oxygen atoms in total. The number of nitrogens with one attached hydrogen (secondary N) is 2. The molecule has 4 amide bonds. The maximum Gasteiger partial charge on any atom is 0.322 e. The summed E-state index contributed by atoms with van der Waals surface area (Å²) in [5.41, 5.74) is 5.23. The van der Waals surface area contributed by atoms with Crippen molar-refractivity contribution in [1.82, 2.24) is 20.4 Å². The van der Waals surface area contributed by atoms with Crippen molar-refractivity contribution < 1.29 is 14.4 Å². The van der Waals surface area contributed by atoms with Gasteiger partial charge in [0.15, 0.2) is 0 Å². The summed E-state index contributed by atoms with van der Waals surface area (Å²) in [4.78, 5) is 43.6. The average molecular weight is 475 g/mol. The van der Waals surface area contributed by atoms with Crippen LogP contribution < -0.4 is 10.6 Å². The smallest absolute Gasteiger partial charge is 0.322 e. The molecule has 2 aromatic carbocycles. The summed E-state index contributed by atoms with van der Waals surface area (Å²) in [5.74, 6) is -0.397. The molecule has 2 heterocycles. The third-order valence-corrected chi connectivity index (χ3v) is 6.68. The van der Waals surface area contributed by atoms with Gasteiger partial charge in [-0.3, -0.25) is 14.5 Å². The Morgan fingerprint density at radius 1 is 1.11 bits per heavy atom. The number of aryl methyl sites for hydroxylation is 2. The average Bonchev–Trinajstić information content (AvgIpc) is 3.14. The number of carbonyl (C=O) groups excluding carboxylic acids is 3. The quantitative estimate of drug-likeness (QED) is 0.643. The van der Waals surface area contributed by atoms with Crippen molar-refractivity contribution in [1.29, 1.82) is 0 Å². The summed E-state index contributed by atoms with van der Waals surface area (Å²) in [6.45, 7) is 10.4. The minimum Gasteiger partial charge on any atom is -0.352 e. The van der Waals surface area contributed by atoms with E-state index in [1.165, 1.54) is 0 Å². The first-order chi connectivity index (χ1) is 16.7. The molecule has 0 spiro atoms. The summed E-state index contributed by atoms with van der Waals surface area (Å²) in [6.07, 6.45) is 0.396. The molecule has 0 fully saturated rings. The molecule has 2 atom stereocenters. The highest BCUT2D eigenvalue weighted by Crippen LogP contribution is 2.38. The third kappa shape index (κ3) is 4.81. The van der Waals surface area contributed by atoms with E-state index in [0.29, 0.717) is 24.2 Å². The van der Waals surface area contributed by atoms with E-state index in [0.717, 1.165) is 22.3 Å².